The van der Waals surface area contributed by atoms with Crippen molar-refractivity contribution in [2.75, 3.05) is 25.7 Å². The van der Waals surface area contributed by atoms with Crippen LogP contribution in [0, 0.1) is 0 Å². The van der Waals surface area contributed by atoms with Gasteiger partial charge in [-0.25, -0.2) is 23.2 Å². The number of sulfone groups is 1. The van der Waals surface area contributed by atoms with Crippen LogP contribution >= 0.6 is 0 Å². The number of aromatic nitrogens is 5. The molecule has 0 aromatic carbocycles. The first-order valence-electron chi connectivity index (χ1n) is 10.6. The van der Waals surface area contributed by atoms with Crippen molar-refractivity contribution in [3.8, 4) is 22.9 Å². The molecule has 4 rings (SSSR count). The summed E-state index contributed by atoms with van der Waals surface area (Å²) in [4.78, 5) is 26.7. The molecule has 178 valence electrons. The van der Waals surface area contributed by atoms with Gasteiger partial charge in [0.2, 0.25) is 0 Å². The highest BCUT2D eigenvalue weighted by Crippen LogP contribution is 2.30. The average Bonchev–Trinajstić information content (AvgIpc) is 3.07. The van der Waals surface area contributed by atoms with E-state index in [0.717, 1.165) is 11.8 Å². The lowest BCUT2D eigenvalue weighted by molar-refractivity contribution is 0.296. The smallest absolute Gasteiger partial charge is 0.330 e. The zero-order valence-corrected chi connectivity index (χ0v) is 20.1. The number of methoxy groups -OCH3 is 1. The Labute approximate surface area is 196 Å². The quantitative estimate of drug-likeness (QED) is 0.374. The molecule has 0 saturated heterocycles. The number of hydrogen-bond acceptors (Lipinski definition) is 8. The van der Waals surface area contributed by atoms with E-state index in [1.807, 2.05) is 24.3 Å². The van der Waals surface area contributed by atoms with Crippen LogP contribution in [-0.2, 0) is 16.9 Å². The predicted molar refractivity (Wildman–Crippen MR) is 128 cm³/mol. The SMILES string of the molecule is CCOc1nc([C@@H](CS(C)(=O)=O)n2c(=O)n(C)c3cc(-c4ccccn4)cnc32)ccc1OC. The molecule has 0 aliphatic rings. The topological polar surface area (TPSA) is 118 Å². The van der Waals surface area contributed by atoms with E-state index in [-0.39, 0.29) is 11.6 Å². The van der Waals surface area contributed by atoms with E-state index >= 15 is 0 Å². The Hall–Kier alpha value is -3.73. The second-order valence-corrected chi connectivity index (χ2v) is 9.96. The molecule has 4 heterocycles. The highest BCUT2D eigenvalue weighted by molar-refractivity contribution is 7.90. The second-order valence-electron chi connectivity index (χ2n) is 7.78. The number of ether oxygens (including phenoxy) is 2. The van der Waals surface area contributed by atoms with Crippen molar-refractivity contribution >= 4 is 21.0 Å². The third-order valence-corrected chi connectivity index (χ3v) is 6.27. The maximum Gasteiger partial charge on any atom is 0.330 e. The number of nitrogens with zero attached hydrogens (tertiary/aromatic N) is 5. The lowest BCUT2D eigenvalue weighted by Crippen LogP contribution is -2.31. The normalized spacial score (nSPS) is 12.6. The molecule has 0 N–H and O–H groups in total. The molecule has 11 heteroatoms. The molecular weight excluding hydrogens is 458 g/mol. The van der Waals surface area contributed by atoms with Crippen LogP contribution in [0.3, 0.4) is 0 Å². The molecule has 0 radical (unpaired) electrons. The van der Waals surface area contributed by atoms with E-state index in [4.69, 9.17) is 9.47 Å². The molecule has 0 unspecified atom stereocenters. The molecule has 0 spiro atoms. The van der Waals surface area contributed by atoms with E-state index in [9.17, 15) is 13.2 Å². The van der Waals surface area contributed by atoms with Crippen LogP contribution in [0.1, 0.15) is 18.7 Å². The van der Waals surface area contributed by atoms with Gasteiger partial charge in [0.25, 0.3) is 5.88 Å². The van der Waals surface area contributed by atoms with Gasteiger partial charge < -0.3 is 9.47 Å². The lowest BCUT2D eigenvalue weighted by Gasteiger charge is -2.19. The van der Waals surface area contributed by atoms with Crippen molar-refractivity contribution < 1.29 is 17.9 Å². The Balaban J connectivity index is 1.93. The Morgan fingerprint density at radius 3 is 2.59 bits per heavy atom. The van der Waals surface area contributed by atoms with E-state index in [2.05, 4.69) is 15.0 Å². The maximum absolute atomic E-state index is 13.4. The van der Waals surface area contributed by atoms with Gasteiger partial charge in [-0.15, -0.1) is 0 Å². The number of fused-ring (bicyclic) bond motifs is 1. The Bertz CT molecular complexity index is 1500. The summed E-state index contributed by atoms with van der Waals surface area (Å²) in [5.74, 6) is 0.285. The van der Waals surface area contributed by atoms with Crippen LogP contribution in [0.2, 0.25) is 0 Å². The van der Waals surface area contributed by atoms with Crippen LogP contribution in [0.5, 0.6) is 11.6 Å². The van der Waals surface area contributed by atoms with Crippen molar-refractivity contribution in [1.29, 1.82) is 0 Å². The summed E-state index contributed by atoms with van der Waals surface area (Å²) >= 11 is 0. The van der Waals surface area contributed by atoms with Crippen molar-refractivity contribution in [3.05, 3.63) is 65.0 Å². The highest BCUT2D eigenvalue weighted by Gasteiger charge is 2.28. The molecule has 10 nitrogen and oxygen atoms in total. The average molecular weight is 484 g/mol. The van der Waals surface area contributed by atoms with Crippen molar-refractivity contribution in [1.82, 2.24) is 24.1 Å². The van der Waals surface area contributed by atoms with Gasteiger partial charge in [-0.2, -0.15) is 0 Å². The minimum Gasteiger partial charge on any atom is -0.491 e. The summed E-state index contributed by atoms with van der Waals surface area (Å²) in [7, 11) is -0.394. The summed E-state index contributed by atoms with van der Waals surface area (Å²) in [6.07, 6.45) is 4.41. The predicted octanol–water partition coefficient (Wildman–Crippen LogP) is 2.23. The third-order valence-electron chi connectivity index (χ3n) is 5.35. The van der Waals surface area contributed by atoms with Gasteiger partial charge in [0.1, 0.15) is 9.84 Å². The summed E-state index contributed by atoms with van der Waals surface area (Å²) in [6, 6.07) is 9.69. The summed E-state index contributed by atoms with van der Waals surface area (Å²) in [6.45, 7) is 2.15. The van der Waals surface area contributed by atoms with Crippen LogP contribution in [0.25, 0.3) is 22.4 Å². The molecule has 0 aliphatic heterocycles. The summed E-state index contributed by atoms with van der Waals surface area (Å²) < 4.78 is 38.4. The molecule has 34 heavy (non-hydrogen) atoms. The van der Waals surface area contributed by atoms with Gasteiger partial charge in [0, 0.05) is 31.3 Å². The summed E-state index contributed by atoms with van der Waals surface area (Å²) in [5.41, 5.74) is 2.27. The van der Waals surface area contributed by atoms with Crippen LogP contribution in [0.4, 0.5) is 0 Å². The Kier molecular flexibility index (Phi) is 6.38. The monoisotopic (exact) mass is 483 g/mol. The van der Waals surface area contributed by atoms with Gasteiger partial charge in [0.05, 0.1) is 42.4 Å². The Morgan fingerprint density at radius 2 is 1.94 bits per heavy atom. The van der Waals surface area contributed by atoms with E-state index in [0.29, 0.717) is 34.9 Å². The molecule has 0 saturated carbocycles. The first-order chi connectivity index (χ1) is 16.2. The van der Waals surface area contributed by atoms with Crippen LogP contribution < -0.4 is 15.2 Å². The Morgan fingerprint density at radius 1 is 1.15 bits per heavy atom. The van der Waals surface area contributed by atoms with E-state index in [1.165, 1.54) is 16.2 Å². The largest absolute Gasteiger partial charge is 0.491 e. The number of imidazole rings is 1. The van der Waals surface area contributed by atoms with Gasteiger partial charge >= 0.3 is 5.69 Å². The van der Waals surface area contributed by atoms with Gasteiger partial charge in [-0.05, 0) is 37.3 Å². The molecule has 0 bridgehead atoms. The maximum atomic E-state index is 13.4. The van der Waals surface area contributed by atoms with Crippen molar-refractivity contribution in [2.24, 2.45) is 7.05 Å². The molecular formula is C23H25N5O5S. The first kappa shape index (κ1) is 23.4. The van der Waals surface area contributed by atoms with Crippen LogP contribution in [0.15, 0.2) is 53.6 Å². The molecule has 4 aromatic rings. The zero-order chi connectivity index (χ0) is 24.5. The number of rotatable bonds is 8. The summed E-state index contributed by atoms with van der Waals surface area (Å²) in [5, 5.41) is 0. The second kappa shape index (κ2) is 9.26. The number of hydrogen-bond donors (Lipinski definition) is 0. The molecule has 0 aliphatic carbocycles. The van der Waals surface area contributed by atoms with E-state index in [1.54, 1.807) is 38.5 Å². The molecule has 1 atom stereocenters. The zero-order valence-electron chi connectivity index (χ0n) is 19.3. The lowest BCUT2D eigenvalue weighted by atomic mass is 10.2. The standard InChI is InChI=1S/C23H25N5O5S/c1-5-33-22-20(32-3)10-9-17(26-22)19(14-34(4,30)31)28-21-18(27(2)23(28)29)12-15(13-25-21)16-8-6-7-11-24-16/h6-13,19H,5,14H2,1-4H3/t19-/m1/s1. The fourth-order valence-corrected chi connectivity index (χ4v) is 4.68. The minimum absolute atomic E-state index is 0.222. The minimum atomic E-state index is -3.51. The fourth-order valence-electron chi connectivity index (χ4n) is 3.79. The number of aryl methyl sites for hydroxylation is 1. The molecule has 4 aromatic heterocycles. The van der Waals surface area contributed by atoms with Gasteiger partial charge in [0.15, 0.2) is 11.4 Å². The highest BCUT2D eigenvalue weighted by atomic mass is 32.2. The van der Waals surface area contributed by atoms with Gasteiger partial charge in [-0.1, -0.05) is 6.07 Å². The van der Waals surface area contributed by atoms with Gasteiger partial charge in [-0.3, -0.25) is 14.1 Å². The third kappa shape index (κ3) is 4.51. The van der Waals surface area contributed by atoms with E-state index < -0.39 is 21.6 Å². The van der Waals surface area contributed by atoms with Crippen LogP contribution in [-0.4, -0.2) is 58.2 Å². The fraction of sp³-hybridized carbons (Fsp3) is 0.304. The van der Waals surface area contributed by atoms with Crippen molar-refractivity contribution in [3.63, 3.8) is 0 Å². The van der Waals surface area contributed by atoms with Crippen molar-refractivity contribution in [2.45, 2.75) is 13.0 Å². The first-order valence-corrected chi connectivity index (χ1v) is 12.6. The molecule has 0 amide bonds. The molecule has 0 fully saturated rings. The number of pyridine rings is 3.